The Morgan fingerprint density at radius 1 is 0.963 bits per heavy atom. The van der Waals surface area contributed by atoms with Crippen LogP contribution in [0.3, 0.4) is 0 Å². The van der Waals surface area contributed by atoms with Gasteiger partial charge in [0.2, 0.25) is 11.8 Å². The van der Waals surface area contributed by atoms with E-state index < -0.39 is 0 Å². The molecule has 6 heteroatoms. The van der Waals surface area contributed by atoms with Crippen LogP contribution < -0.4 is 9.64 Å². The van der Waals surface area contributed by atoms with E-state index in [1.54, 1.807) is 7.11 Å². The van der Waals surface area contributed by atoms with Crippen molar-refractivity contribution in [3.63, 3.8) is 0 Å². The summed E-state index contributed by atoms with van der Waals surface area (Å²) >= 11 is 0. The molecule has 6 nitrogen and oxygen atoms in total. The van der Waals surface area contributed by atoms with E-state index in [9.17, 15) is 4.79 Å². The molecule has 2 fully saturated rings. The van der Waals surface area contributed by atoms with Crippen LogP contribution in [-0.4, -0.2) is 49.1 Å². The van der Waals surface area contributed by atoms with E-state index in [1.807, 2.05) is 29.2 Å². The molecule has 0 atom stereocenters. The molecule has 0 radical (unpaired) electrons. The van der Waals surface area contributed by atoms with Crippen LogP contribution in [0.5, 0.6) is 5.75 Å². The Labute approximate surface area is 160 Å². The maximum absolute atomic E-state index is 13.2. The number of carbonyl (C=O) groups excluding carboxylic acids is 1. The van der Waals surface area contributed by atoms with E-state index >= 15 is 0 Å². The van der Waals surface area contributed by atoms with Crippen LogP contribution in [0.2, 0.25) is 0 Å². The number of carbonyl (C=O) groups is 1. The SMILES string of the molecule is COc1ccc(-c2nc(C(=O)N3CCCCC3)c(N3CCCCC3)o2)cc1. The summed E-state index contributed by atoms with van der Waals surface area (Å²) in [5, 5.41) is 0. The fourth-order valence-electron chi connectivity index (χ4n) is 3.87. The Balaban J connectivity index is 1.68. The molecular formula is C21H27N3O3. The van der Waals surface area contributed by atoms with Crippen molar-refractivity contribution in [2.45, 2.75) is 38.5 Å². The van der Waals surface area contributed by atoms with Crippen molar-refractivity contribution in [1.29, 1.82) is 0 Å². The molecule has 27 heavy (non-hydrogen) atoms. The highest BCUT2D eigenvalue weighted by molar-refractivity contribution is 5.97. The molecule has 2 saturated heterocycles. The smallest absolute Gasteiger partial charge is 0.278 e. The molecule has 0 saturated carbocycles. The van der Waals surface area contributed by atoms with Gasteiger partial charge < -0.3 is 19.0 Å². The van der Waals surface area contributed by atoms with E-state index in [0.717, 1.165) is 63.2 Å². The zero-order valence-electron chi connectivity index (χ0n) is 15.9. The van der Waals surface area contributed by atoms with Gasteiger partial charge in [0, 0.05) is 31.7 Å². The van der Waals surface area contributed by atoms with Crippen molar-refractivity contribution in [2.24, 2.45) is 0 Å². The molecule has 0 N–H and O–H groups in total. The molecule has 1 aromatic carbocycles. The van der Waals surface area contributed by atoms with Gasteiger partial charge in [-0.1, -0.05) is 0 Å². The van der Waals surface area contributed by atoms with Crippen molar-refractivity contribution >= 4 is 11.8 Å². The lowest BCUT2D eigenvalue weighted by molar-refractivity contribution is 0.0719. The highest BCUT2D eigenvalue weighted by Gasteiger charge is 2.30. The minimum absolute atomic E-state index is 0.00112. The number of nitrogens with zero attached hydrogens (tertiary/aromatic N) is 3. The highest BCUT2D eigenvalue weighted by Crippen LogP contribution is 2.32. The molecule has 0 bridgehead atoms. The quantitative estimate of drug-likeness (QED) is 0.816. The third-order valence-electron chi connectivity index (χ3n) is 5.44. The number of oxazole rings is 1. The van der Waals surface area contributed by atoms with Crippen LogP contribution in [-0.2, 0) is 0 Å². The fraction of sp³-hybridized carbons (Fsp3) is 0.524. The van der Waals surface area contributed by atoms with Gasteiger partial charge in [-0.05, 0) is 62.8 Å². The summed E-state index contributed by atoms with van der Waals surface area (Å²) in [7, 11) is 1.64. The maximum atomic E-state index is 13.2. The molecule has 2 aliphatic heterocycles. The largest absolute Gasteiger partial charge is 0.497 e. The first-order valence-corrected chi connectivity index (χ1v) is 9.96. The standard InChI is InChI=1S/C21H27N3O3/c1-26-17-10-8-16(9-11-17)19-22-18(20(25)23-12-4-2-5-13-23)21(27-19)24-14-6-3-7-15-24/h8-11H,2-7,12-15H2,1H3. The predicted octanol–water partition coefficient (Wildman–Crippen LogP) is 3.97. The first-order chi connectivity index (χ1) is 13.3. The van der Waals surface area contributed by atoms with E-state index in [-0.39, 0.29) is 5.91 Å². The normalized spacial score (nSPS) is 17.8. The number of benzene rings is 1. The number of piperidine rings is 2. The Bertz CT molecular complexity index is 772. The molecular weight excluding hydrogens is 342 g/mol. The van der Waals surface area contributed by atoms with Gasteiger partial charge in [-0.3, -0.25) is 4.79 Å². The molecule has 144 valence electrons. The first-order valence-electron chi connectivity index (χ1n) is 9.96. The Hall–Kier alpha value is -2.50. The fourth-order valence-corrected chi connectivity index (χ4v) is 3.87. The number of ether oxygens (including phenoxy) is 1. The number of amides is 1. The molecule has 0 aliphatic carbocycles. The lowest BCUT2D eigenvalue weighted by atomic mass is 10.1. The number of aromatic nitrogens is 1. The minimum Gasteiger partial charge on any atom is -0.497 e. The Kier molecular flexibility index (Phi) is 5.32. The second kappa shape index (κ2) is 8.03. The summed E-state index contributed by atoms with van der Waals surface area (Å²) in [6, 6.07) is 7.60. The summed E-state index contributed by atoms with van der Waals surface area (Å²) in [6.07, 6.45) is 6.79. The van der Waals surface area contributed by atoms with Gasteiger partial charge in [-0.2, -0.15) is 0 Å². The molecule has 4 rings (SSSR count). The van der Waals surface area contributed by atoms with Crippen molar-refractivity contribution in [2.75, 3.05) is 38.2 Å². The van der Waals surface area contributed by atoms with E-state index in [4.69, 9.17) is 9.15 Å². The van der Waals surface area contributed by atoms with Gasteiger partial charge >= 0.3 is 0 Å². The summed E-state index contributed by atoms with van der Waals surface area (Å²) in [6.45, 7) is 3.45. The Morgan fingerprint density at radius 2 is 1.59 bits per heavy atom. The Morgan fingerprint density at radius 3 is 2.22 bits per heavy atom. The van der Waals surface area contributed by atoms with Crippen molar-refractivity contribution in [3.05, 3.63) is 30.0 Å². The predicted molar refractivity (Wildman–Crippen MR) is 104 cm³/mol. The summed E-state index contributed by atoms with van der Waals surface area (Å²) in [5.74, 6) is 1.92. The molecule has 3 heterocycles. The average molecular weight is 369 g/mol. The molecule has 2 aliphatic rings. The maximum Gasteiger partial charge on any atom is 0.278 e. The molecule has 0 spiro atoms. The summed E-state index contributed by atoms with van der Waals surface area (Å²) < 4.78 is 11.4. The summed E-state index contributed by atoms with van der Waals surface area (Å²) in [5.41, 5.74) is 1.32. The van der Waals surface area contributed by atoms with Crippen LogP contribution in [0.4, 0.5) is 5.88 Å². The molecule has 1 aromatic heterocycles. The third-order valence-corrected chi connectivity index (χ3v) is 5.44. The van der Waals surface area contributed by atoms with Gasteiger partial charge in [-0.15, -0.1) is 0 Å². The van der Waals surface area contributed by atoms with E-state index in [1.165, 1.54) is 12.8 Å². The van der Waals surface area contributed by atoms with Crippen LogP contribution >= 0.6 is 0 Å². The number of anilines is 1. The van der Waals surface area contributed by atoms with Gasteiger partial charge in [-0.25, -0.2) is 4.98 Å². The van der Waals surface area contributed by atoms with Gasteiger partial charge in [0.25, 0.3) is 5.91 Å². The molecule has 1 amide bonds. The number of hydrogen-bond donors (Lipinski definition) is 0. The zero-order chi connectivity index (χ0) is 18.6. The minimum atomic E-state index is -0.00112. The lowest BCUT2D eigenvalue weighted by Crippen LogP contribution is -2.37. The van der Waals surface area contributed by atoms with Gasteiger partial charge in [0.15, 0.2) is 5.69 Å². The number of likely N-dealkylation sites (tertiary alicyclic amines) is 1. The van der Waals surface area contributed by atoms with Crippen LogP contribution in [0, 0.1) is 0 Å². The van der Waals surface area contributed by atoms with Crippen molar-refractivity contribution in [3.8, 4) is 17.2 Å². The van der Waals surface area contributed by atoms with Crippen molar-refractivity contribution < 1.29 is 13.9 Å². The van der Waals surface area contributed by atoms with Crippen LogP contribution in [0.25, 0.3) is 11.5 Å². The number of rotatable bonds is 4. The highest BCUT2D eigenvalue weighted by atomic mass is 16.5. The van der Waals surface area contributed by atoms with E-state index in [2.05, 4.69) is 9.88 Å². The number of methoxy groups -OCH3 is 1. The van der Waals surface area contributed by atoms with Crippen LogP contribution in [0.1, 0.15) is 49.0 Å². The van der Waals surface area contributed by atoms with Crippen molar-refractivity contribution in [1.82, 2.24) is 9.88 Å². The lowest BCUT2D eigenvalue weighted by Gasteiger charge is -2.29. The third kappa shape index (κ3) is 3.80. The first kappa shape index (κ1) is 17.9. The molecule has 0 unspecified atom stereocenters. The molecule has 2 aromatic rings. The second-order valence-electron chi connectivity index (χ2n) is 7.30. The number of hydrogen-bond acceptors (Lipinski definition) is 5. The summed E-state index contributed by atoms with van der Waals surface area (Å²) in [4.78, 5) is 21.9. The monoisotopic (exact) mass is 369 g/mol. The van der Waals surface area contributed by atoms with Gasteiger partial charge in [0.1, 0.15) is 5.75 Å². The van der Waals surface area contributed by atoms with Crippen LogP contribution in [0.15, 0.2) is 28.7 Å². The average Bonchev–Trinajstić information content (AvgIpc) is 3.20. The second-order valence-corrected chi connectivity index (χ2v) is 7.30. The topological polar surface area (TPSA) is 58.8 Å². The van der Waals surface area contributed by atoms with Gasteiger partial charge in [0.05, 0.1) is 7.11 Å². The van der Waals surface area contributed by atoms with E-state index in [0.29, 0.717) is 17.5 Å². The zero-order valence-corrected chi connectivity index (χ0v) is 15.9.